The van der Waals surface area contributed by atoms with Gasteiger partial charge in [-0.15, -0.1) is 5.10 Å². The Labute approximate surface area is 92.1 Å². The van der Waals surface area contributed by atoms with E-state index in [1.807, 2.05) is 13.0 Å². The zero-order valence-electron chi connectivity index (χ0n) is 10.3. The molecule has 1 aliphatic rings. The van der Waals surface area contributed by atoms with Crippen molar-refractivity contribution < 1.29 is 1.37 Å². The predicted molar refractivity (Wildman–Crippen MR) is 60.9 cm³/mol. The SMILES string of the molecule is [2H]c1nnc(NC2CCCN(C)C2)cc1C. The van der Waals surface area contributed by atoms with Crippen LogP contribution in [-0.4, -0.2) is 41.3 Å². The topological polar surface area (TPSA) is 41.1 Å². The van der Waals surface area contributed by atoms with Gasteiger partial charge in [-0.1, -0.05) is 0 Å². The van der Waals surface area contributed by atoms with E-state index in [1.54, 1.807) is 0 Å². The number of anilines is 1. The first kappa shape index (κ1) is 9.09. The number of nitrogens with one attached hydrogen (secondary N) is 1. The molecule has 1 N–H and O–H groups in total. The van der Waals surface area contributed by atoms with Crippen molar-refractivity contribution in [3.8, 4) is 0 Å². The summed E-state index contributed by atoms with van der Waals surface area (Å²) in [7, 11) is 2.14. The highest BCUT2D eigenvalue weighted by atomic mass is 15.2. The maximum Gasteiger partial charge on any atom is 0.149 e. The van der Waals surface area contributed by atoms with Crippen molar-refractivity contribution in [3.63, 3.8) is 0 Å². The predicted octanol–water partition coefficient (Wildman–Crippen LogP) is 1.29. The lowest BCUT2D eigenvalue weighted by molar-refractivity contribution is 0.260. The van der Waals surface area contributed by atoms with Crippen LogP contribution in [0.15, 0.2) is 12.2 Å². The monoisotopic (exact) mass is 207 g/mol. The molecular formula is C11H18N4. The molecule has 0 amide bonds. The third-order valence-electron chi connectivity index (χ3n) is 2.71. The third-order valence-corrected chi connectivity index (χ3v) is 2.71. The fourth-order valence-electron chi connectivity index (χ4n) is 1.99. The molecule has 1 aromatic heterocycles. The summed E-state index contributed by atoms with van der Waals surface area (Å²) in [6, 6.07) is 2.34. The first-order valence-electron chi connectivity index (χ1n) is 5.91. The van der Waals surface area contributed by atoms with Crippen LogP contribution in [0.25, 0.3) is 0 Å². The number of aromatic nitrogens is 2. The zero-order valence-corrected chi connectivity index (χ0v) is 9.32. The molecule has 1 aliphatic heterocycles. The molecule has 2 heterocycles. The van der Waals surface area contributed by atoms with Crippen molar-refractivity contribution in [2.24, 2.45) is 0 Å². The maximum atomic E-state index is 7.46. The summed E-state index contributed by atoms with van der Waals surface area (Å²) in [4.78, 5) is 2.32. The summed E-state index contributed by atoms with van der Waals surface area (Å²) in [5, 5.41) is 11.2. The molecule has 1 unspecified atom stereocenters. The fraction of sp³-hybridized carbons (Fsp3) is 0.636. The maximum absolute atomic E-state index is 7.46. The van der Waals surface area contributed by atoms with Crippen molar-refractivity contribution in [2.45, 2.75) is 25.8 Å². The Kier molecular flexibility index (Phi) is 2.77. The van der Waals surface area contributed by atoms with E-state index >= 15 is 0 Å². The molecule has 1 saturated heterocycles. The van der Waals surface area contributed by atoms with Gasteiger partial charge in [-0.3, -0.25) is 0 Å². The number of hydrogen-bond donors (Lipinski definition) is 1. The second-order valence-electron chi connectivity index (χ2n) is 4.27. The van der Waals surface area contributed by atoms with Gasteiger partial charge in [-0.25, -0.2) is 0 Å². The number of hydrogen-bond acceptors (Lipinski definition) is 4. The van der Waals surface area contributed by atoms with Crippen LogP contribution < -0.4 is 5.32 Å². The standard InChI is InChI=1S/C11H18N4/c1-9-6-11(14-12-7-9)13-10-4-3-5-15(2)8-10/h6-7,10H,3-5,8H2,1-2H3,(H,13,14)/i7D. The molecule has 4 heteroatoms. The van der Waals surface area contributed by atoms with Crippen LogP contribution in [0, 0.1) is 6.92 Å². The first-order valence-corrected chi connectivity index (χ1v) is 5.41. The Hall–Kier alpha value is -1.16. The molecule has 1 atom stereocenters. The first-order chi connectivity index (χ1) is 7.65. The number of aryl methyl sites for hydroxylation is 1. The minimum absolute atomic E-state index is 0.256. The summed E-state index contributed by atoms with van der Waals surface area (Å²) in [5.41, 5.74) is 0.863. The Morgan fingerprint density at radius 1 is 1.67 bits per heavy atom. The highest BCUT2D eigenvalue weighted by molar-refractivity contribution is 5.36. The van der Waals surface area contributed by atoms with Crippen molar-refractivity contribution in [1.82, 2.24) is 15.1 Å². The van der Waals surface area contributed by atoms with Gasteiger partial charge in [-0.05, 0) is 45.0 Å². The molecule has 0 spiro atoms. The van der Waals surface area contributed by atoms with Crippen molar-refractivity contribution in [2.75, 3.05) is 25.5 Å². The number of piperidine rings is 1. The summed E-state index contributed by atoms with van der Waals surface area (Å²) < 4.78 is 7.46. The Balaban J connectivity index is 2.00. The minimum atomic E-state index is 0.256. The average molecular weight is 207 g/mol. The molecule has 82 valence electrons. The molecule has 0 radical (unpaired) electrons. The Morgan fingerprint density at radius 2 is 2.53 bits per heavy atom. The summed E-state index contributed by atoms with van der Waals surface area (Å²) in [5.74, 6) is 0.786. The van der Waals surface area contributed by atoms with Gasteiger partial charge in [0.1, 0.15) is 5.82 Å². The van der Waals surface area contributed by atoms with E-state index in [1.165, 1.54) is 19.4 Å². The van der Waals surface area contributed by atoms with Crippen molar-refractivity contribution in [1.29, 1.82) is 0 Å². The van der Waals surface area contributed by atoms with Crippen LogP contribution in [-0.2, 0) is 0 Å². The number of likely N-dealkylation sites (N-methyl/N-ethyl adjacent to an activating group) is 1. The molecule has 0 aromatic carbocycles. The molecule has 1 aromatic rings. The highest BCUT2D eigenvalue weighted by Crippen LogP contribution is 2.13. The number of nitrogens with zero attached hydrogens (tertiary/aromatic N) is 3. The van der Waals surface area contributed by atoms with Gasteiger partial charge in [-0.2, -0.15) is 5.10 Å². The largest absolute Gasteiger partial charge is 0.365 e. The lowest BCUT2D eigenvalue weighted by Crippen LogP contribution is -2.39. The van der Waals surface area contributed by atoms with Gasteiger partial charge in [0, 0.05) is 12.6 Å². The normalized spacial score (nSPS) is 23.6. The van der Waals surface area contributed by atoms with Gasteiger partial charge < -0.3 is 10.2 Å². The van der Waals surface area contributed by atoms with Crippen LogP contribution in [0.2, 0.25) is 0 Å². The van der Waals surface area contributed by atoms with Crippen LogP contribution in [0.4, 0.5) is 5.82 Å². The van der Waals surface area contributed by atoms with Gasteiger partial charge >= 0.3 is 0 Å². The lowest BCUT2D eigenvalue weighted by Gasteiger charge is -2.30. The molecule has 15 heavy (non-hydrogen) atoms. The summed E-state index contributed by atoms with van der Waals surface area (Å²) >= 11 is 0. The summed E-state index contributed by atoms with van der Waals surface area (Å²) in [6.07, 6.45) is 2.65. The molecule has 0 aliphatic carbocycles. The van der Waals surface area contributed by atoms with E-state index in [-0.39, 0.29) is 6.17 Å². The Bertz CT molecular complexity index is 369. The van der Waals surface area contributed by atoms with E-state index in [9.17, 15) is 0 Å². The van der Waals surface area contributed by atoms with E-state index in [0.717, 1.165) is 17.9 Å². The number of rotatable bonds is 2. The number of likely N-dealkylation sites (tertiary alicyclic amines) is 1. The quantitative estimate of drug-likeness (QED) is 0.793. The van der Waals surface area contributed by atoms with E-state index in [4.69, 9.17) is 1.37 Å². The van der Waals surface area contributed by atoms with E-state index in [2.05, 4.69) is 27.5 Å². The molecule has 1 fully saturated rings. The van der Waals surface area contributed by atoms with Gasteiger partial charge in [0.05, 0.1) is 7.54 Å². The van der Waals surface area contributed by atoms with Gasteiger partial charge in [0.15, 0.2) is 0 Å². The molecule has 0 saturated carbocycles. The van der Waals surface area contributed by atoms with Crippen molar-refractivity contribution in [3.05, 3.63) is 17.8 Å². The highest BCUT2D eigenvalue weighted by Gasteiger charge is 2.16. The fourth-order valence-corrected chi connectivity index (χ4v) is 1.99. The zero-order chi connectivity index (χ0) is 11.5. The molecule has 0 bridgehead atoms. The van der Waals surface area contributed by atoms with Gasteiger partial charge in [0.2, 0.25) is 0 Å². The molecular weight excluding hydrogens is 188 g/mol. The van der Waals surface area contributed by atoms with Crippen LogP contribution in [0.1, 0.15) is 19.8 Å². The second-order valence-corrected chi connectivity index (χ2v) is 4.27. The van der Waals surface area contributed by atoms with Gasteiger partial charge in [0.25, 0.3) is 0 Å². The van der Waals surface area contributed by atoms with E-state index < -0.39 is 0 Å². The average Bonchev–Trinajstić information content (AvgIpc) is 2.24. The van der Waals surface area contributed by atoms with Crippen molar-refractivity contribution >= 4 is 5.82 Å². The second kappa shape index (κ2) is 4.57. The summed E-state index contributed by atoms with van der Waals surface area (Å²) in [6.45, 7) is 4.10. The third kappa shape index (κ3) is 2.89. The van der Waals surface area contributed by atoms with Crippen LogP contribution >= 0.6 is 0 Å². The minimum Gasteiger partial charge on any atom is -0.365 e. The lowest BCUT2D eigenvalue weighted by atomic mass is 10.1. The molecule has 2 rings (SSSR count). The smallest absolute Gasteiger partial charge is 0.149 e. The molecule has 4 nitrogen and oxygen atoms in total. The Morgan fingerprint density at radius 3 is 3.27 bits per heavy atom. The van der Waals surface area contributed by atoms with E-state index in [0.29, 0.717) is 6.04 Å². The van der Waals surface area contributed by atoms with Crippen LogP contribution in [0.5, 0.6) is 0 Å². The van der Waals surface area contributed by atoms with Crippen LogP contribution in [0.3, 0.4) is 0 Å².